The molecule has 1 aromatic carbocycles. The summed E-state index contributed by atoms with van der Waals surface area (Å²) in [6.45, 7) is 0.850. The van der Waals surface area contributed by atoms with Crippen molar-refractivity contribution in [1.29, 1.82) is 0 Å². The van der Waals surface area contributed by atoms with Crippen LogP contribution in [0.1, 0.15) is 0 Å². The zero-order chi connectivity index (χ0) is 10.8. The first-order valence-electron chi connectivity index (χ1n) is 4.65. The van der Waals surface area contributed by atoms with Crippen LogP contribution in [0.5, 0.6) is 0 Å². The SMILES string of the molecule is CN(CCS)c1ccc2[nH]c(=O)oc2c1. The lowest BCUT2D eigenvalue weighted by Gasteiger charge is -2.17. The first kappa shape index (κ1) is 10.2. The fourth-order valence-electron chi connectivity index (χ4n) is 1.45. The Kier molecular flexibility index (Phi) is 2.73. The summed E-state index contributed by atoms with van der Waals surface area (Å²) in [4.78, 5) is 15.6. The van der Waals surface area contributed by atoms with E-state index in [1.54, 1.807) is 0 Å². The van der Waals surface area contributed by atoms with Crippen LogP contribution >= 0.6 is 12.6 Å². The topological polar surface area (TPSA) is 49.2 Å². The second kappa shape index (κ2) is 4.02. The molecule has 1 heterocycles. The number of rotatable bonds is 3. The molecule has 1 aromatic heterocycles. The molecule has 0 amide bonds. The van der Waals surface area contributed by atoms with Crippen molar-refractivity contribution in [2.45, 2.75) is 0 Å². The predicted molar refractivity (Wildman–Crippen MR) is 64.0 cm³/mol. The molecule has 2 aromatic rings. The van der Waals surface area contributed by atoms with Crippen molar-refractivity contribution >= 4 is 29.4 Å². The van der Waals surface area contributed by atoms with Gasteiger partial charge >= 0.3 is 5.76 Å². The number of hydrogen-bond acceptors (Lipinski definition) is 4. The molecule has 0 atom stereocenters. The molecule has 0 saturated heterocycles. The highest BCUT2D eigenvalue weighted by atomic mass is 32.1. The summed E-state index contributed by atoms with van der Waals surface area (Å²) in [6.07, 6.45) is 0. The lowest BCUT2D eigenvalue weighted by molar-refractivity contribution is 0.555. The minimum atomic E-state index is -0.418. The van der Waals surface area contributed by atoms with Crippen molar-refractivity contribution < 1.29 is 4.42 Å². The summed E-state index contributed by atoms with van der Waals surface area (Å²) in [5.74, 6) is 0.366. The molecule has 2 rings (SSSR count). The van der Waals surface area contributed by atoms with Gasteiger partial charge in [-0.15, -0.1) is 0 Å². The Morgan fingerprint density at radius 2 is 2.33 bits per heavy atom. The van der Waals surface area contributed by atoms with E-state index in [2.05, 4.69) is 22.5 Å². The molecule has 0 radical (unpaired) electrons. The van der Waals surface area contributed by atoms with Gasteiger partial charge in [0.15, 0.2) is 5.58 Å². The van der Waals surface area contributed by atoms with Gasteiger partial charge in [-0.2, -0.15) is 12.6 Å². The van der Waals surface area contributed by atoms with E-state index in [1.165, 1.54) is 0 Å². The maximum absolute atomic E-state index is 10.9. The lowest BCUT2D eigenvalue weighted by Crippen LogP contribution is -2.19. The molecule has 80 valence electrons. The number of hydrogen-bond donors (Lipinski definition) is 2. The molecule has 0 aliphatic rings. The van der Waals surface area contributed by atoms with E-state index in [0.29, 0.717) is 5.58 Å². The van der Waals surface area contributed by atoms with Crippen LogP contribution in [0.25, 0.3) is 11.1 Å². The molecule has 0 saturated carbocycles. The number of anilines is 1. The van der Waals surface area contributed by atoms with Crippen LogP contribution in [0.3, 0.4) is 0 Å². The Balaban J connectivity index is 2.41. The van der Waals surface area contributed by atoms with Crippen LogP contribution < -0.4 is 10.7 Å². The predicted octanol–water partition coefficient (Wildman–Crippen LogP) is 1.49. The number of oxazole rings is 1. The number of aromatic nitrogens is 1. The Morgan fingerprint density at radius 3 is 3.07 bits per heavy atom. The quantitative estimate of drug-likeness (QED) is 0.776. The monoisotopic (exact) mass is 224 g/mol. The van der Waals surface area contributed by atoms with Crippen LogP contribution in [0.2, 0.25) is 0 Å². The van der Waals surface area contributed by atoms with Gasteiger partial charge in [0.2, 0.25) is 0 Å². The Hall–Kier alpha value is -1.36. The van der Waals surface area contributed by atoms with Gasteiger partial charge in [-0.1, -0.05) is 0 Å². The van der Waals surface area contributed by atoms with Gasteiger partial charge in [-0.3, -0.25) is 4.98 Å². The Bertz CT molecular complexity index is 517. The van der Waals surface area contributed by atoms with E-state index >= 15 is 0 Å². The number of aromatic amines is 1. The zero-order valence-corrected chi connectivity index (χ0v) is 9.25. The van der Waals surface area contributed by atoms with Crippen molar-refractivity contribution in [3.8, 4) is 0 Å². The third kappa shape index (κ3) is 2.02. The highest BCUT2D eigenvalue weighted by Crippen LogP contribution is 2.18. The van der Waals surface area contributed by atoms with Crippen molar-refractivity contribution in [2.24, 2.45) is 0 Å². The zero-order valence-electron chi connectivity index (χ0n) is 8.36. The second-order valence-electron chi connectivity index (χ2n) is 3.34. The fourth-order valence-corrected chi connectivity index (χ4v) is 1.75. The van der Waals surface area contributed by atoms with Crippen LogP contribution in [0.15, 0.2) is 27.4 Å². The summed E-state index contributed by atoms with van der Waals surface area (Å²) >= 11 is 4.17. The van der Waals surface area contributed by atoms with E-state index in [-0.39, 0.29) is 0 Å². The minimum Gasteiger partial charge on any atom is -0.408 e. The highest BCUT2D eigenvalue weighted by Gasteiger charge is 2.04. The van der Waals surface area contributed by atoms with Gasteiger partial charge in [0.25, 0.3) is 0 Å². The summed E-state index contributed by atoms with van der Waals surface area (Å²) in [7, 11) is 1.97. The van der Waals surface area contributed by atoms with Gasteiger partial charge in [-0.25, -0.2) is 4.79 Å². The normalized spacial score (nSPS) is 10.8. The molecule has 0 unspecified atom stereocenters. The van der Waals surface area contributed by atoms with Gasteiger partial charge in [0, 0.05) is 31.1 Å². The van der Waals surface area contributed by atoms with Gasteiger partial charge in [0.1, 0.15) is 0 Å². The van der Waals surface area contributed by atoms with Crippen molar-refractivity contribution in [2.75, 3.05) is 24.2 Å². The molecule has 1 N–H and O–H groups in total. The third-order valence-electron chi connectivity index (χ3n) is 2.28. The highest BCUT2D eigenvalue weighted by molar-refractivity contribution is 7.80. The van der Waals surface area contributed by atoms with E-state index in [9.17, 15) is 4.79 Å². The summed E-state index contributed by atoms with van der Waals surface area (Å²) in [5, 5.41) is 0. The number of fused-ring (bicyclic) bond motifs is 1. The Morgan fingerprint density at radius 1 is 1.53 bits per heavy atom. The largest absolute Gasteiger partial charge is 0.417 e. The molecule has 5 heteroatoms. The number of thiol groups is 1. The minimum absolute atomic E-state index is 0.418. The van der Waals surface area contributed by atoms with Crippen molar-refractivity contribution in [3.63, 3.8) is 0 Å². The summed E-state index contributed by atoms with van der Waals surface area (Å²) in [6, 6.07) is 5.62. The Labute approximate surface area is 92.3 Å². The van der Waals surface area contributed by atoms with Crippen molar-refractivity contribution in [1.82, 2.24) is 4.98 Å². The molecule has 4 nitrogen and oxygen atoms in total. The molecular formula is C10H12N2O2S. The first-order chi connectivity index (χ1) is 7.20. The first-order valence-corrected chi connectivity index (χ1v) is 5.29. The van der Waals surface area contributed by atoms with Gasteiger partial charge in [0.05, 0.1) is 5.52 Å². The van der Waals surface area contributed by atoms with E-state index in [1.807, 2.05) is 25.2 Å². The summed E-state index contributed by atoms with van der Waals surface area (Å²) in [5.41, 5.74) is 2.32. The van der Waals surface area contributed by atoms with Crippen LogP contribution in [0.4, 0.5) is 5.69 Å². The van der Waals surface area contributed by atoms with Crippen molar-refractivity contribution in [3.05, 3.63) is 28.7 Å². The average molecular weight is 224 g/mol. The molecule has 0 fully saturated rings. The smallest absolute Gasteiger partial charge is 0.408 e. The maximum Gasteiger partial charge on any atom is 0.417 e. The molecule has 0 aliphatic carbocycles. The number of benzene rings is 1. The lowest BCUT2D eigenvalue weighted by atomic mass is 10.2. The van der Waals surface area contributed by atoms with Crippen LogP contribution in [-0.4, -0.2) is 24.3 Å². The maximum atomic E-state index is 10.9. The molecule has 15 heavy (non-hydrogen) atoms. The molecule has 0 spiro atoms. The van der Waals surface area contributed by atoms with E-state index < -0.39 is 5.76 Å². The van der Waals surface area contributed by atoms with E-state index in [0.717, 1.165) is 23.5 Å². The third-order valence-corrected chi connectivity index (χ3v) is 2.48. The number of nitrogens with zero attached hydrogens (tertiary/aromatic N) is 1. The number of nitrogens with one attached hydrogen (secondary N) is 1. The van der Waals surface area contributed by atoms with Crippen LogP contribution in [-0.2, 0) is 0 Å². The fraction of sp³-hybridized carbons (Fsp3) is 0.300. The molecule has 0 aliphatic heterocycles. The van der Waals surface area contributed by atoms with Gasteiger partial charge in [-0.05, 0) is 12.1 Å². The summed E-state index contributed by atoms with van der Waals surface area (Å²) < 4.78 is 4.98. The average Bonchev–Trinajstić information content (AvgIpc) is 2.57. The van der Waals surface area contributed by atoms with Gasteiger partial charge < -0.3 is 9.32 Å². The number of H-pyrrole nitrogens is 1. The standard InChI is InChI=1S/C10H12N2O2S/c1-12(4-5-15)7-2-3-8-9(6-7)14-10(13)11-8/h2-3,6,15H,4-5H2,1H3,(H,11,13). The second-order valence-corrected chi connectivity index (χ2v) is 3.79. The van der Waals surface area contributed by atoms with Crippen LogP contribution in [0, 0.1) is 0 Å². The van der Waals surface area contributed by atoms with E-state index in [4.69, 9.17) is 4.42 Å². The molecule has 0 bridgehead atoms. The molecular weight excluding hydrogens is 212 g/mol.